The van der Waals surface area contributed by atoms with E-state index in [0.29, 0.717) is 4.90 Å². The minimum atomic E-state index is -3.51. The van der Waals surface area contributed by atoms with Crippen molar-refractivity contribution in [3.05, 3.63) is 25.3 Å². The van der Waals surface area contributed by atoms with Crippen LogP contribution in [-0.4, -0.2) is 30.8 Å². The van der Waals surface area contributed by atoms with Gasteiger partial charge in [-0.25, -0.2) is 4.90 Å². The number of hydrogen-bond acceptors (Lipinski definition) is 5. The lowest BCUT2D eigenvalue weighted by Crippen LogP contribution is -2.19. The van der Waals surface area contributed by atoms with Gasteiger partial charge < -0.3 is 9.05 Å². The highest BCUT2D eigenvalue weighted by Gasteiger charge is 2.27. The van der Waals surface area contributed by atoms with E-state index in [1.165, 1.54) is 12.2 Å². The predicted octanol–water partition coefficient (Wildman–Crippen LogP) is 1.48. The Labute approximate surface area is 94.3 Å². The summed E-state index contributed by atoms with van der Waals surface area (Å²) < 4.78 is 21.8. The molecule has 0 radical (unpaired) electrons. The van der Waals surface area contributed by atoms with Crippen LogP contribution >= 0.6 is 7.60 Å². The number of carbonyl (C=O) groups excluding carboxylic acids is 1. The van der Waals surface area contributed by atoms with Crippen molar-refractivity contribution in [2.45, 2.75) is 0 Å². The third-order valence-electron chi connectivity index (χ3n) is 1.36. The Morgan fingerprint density at radius 3 is 2.12 bits per heavy atom. The van der Waals surface area contributed by atoms with Crippen LogP contribution in [-0.2, 0) is 18.4 Å². The fraction of sp³-hybridized carbons (Fsp3) is 0.333. The fourth-order valence-electron chi connectivity index (χ4n) is 0.727. The van der Waals surface area contributed by atoms with Gasteiger partial charge in [0.05, 0.1) is 13.2 Å². The van der Waals surface area contributed by atoms with Crippen molar-refractivity contribution < 1.29 is 18.4 Å². The maximum atomic E-state index is 12.0. The largest absolute Gasteiger partial charge is 0.351 e. The fourth-order valence-corrected chi connectivity index (χ4v) is 2.13. The standard InChI is InChI=1S/C9H13N2O4P/c1-3-5-14-16(13,15-6-4-2)9-11(7-10)8-12/h3-4,8H,1-2,5-6,9H2. The molecule has 0 rings (SSSR count). The van der Waals surface area contributed by atoms with Crippen LogP contribution in [0.2, 0.25) is 0 Å². The molecular weight excluding hydrogens is 231 g/mol. The Balaban J connectivity index is 4.57. The monoisotopic (exact) mass is 244 g/mol. The van der Waals surface area contributed by atoms with Crippen LogP contribution < -0.4 is 0 Å². The van der Waals surface area contributed by atoms with Gasteiger partial charge in [-0.05, 0) is 0 Å². The van der Waals surface area contributed by atoms with Crippen LogP contribution in [0.4, 0.5) is 0 Å². The Bertz CT molecular complexity index is 321. The second-order valence-corrected chi connectivity index (χ2v) is 4.62. The highest BCUT2D eigenvalue weighted by molar-refractivity contribution is 7.53. The molecule has 0 fully saturated rings. The first kappa shape index (κ1) is 14.6. The SMILES string of the molecule is C=CCOP(=O)(CN(C#N)C=O)OCC=C. The van der Waals surface area contributed by atoms with Gasteiger partial charge in [0.2, 0.25) is 6.41 Å². The lowest BCUT2D eigenvalue weighted by atomic mass is 10.7. The topological polar surface area (TPSA) is 79.6 Å². The predicted molar refractivity (Wildman–Crippen MR) is 58.3 cm³/mol. The molecule has 7 heteroatoms. The first-order valence-corrected chi connectivity index (χ1v) is 6.06. The van der Waals surface area contributed by atoms with Gasteiger partial charge in [-0.2, -0.15) is 5.26 Å². The van der Waals surface area contributed by atoms with E-state index in [2.05, 4.69) is 13.2 Å². The highest BCUT2D eigenvalue weighted by atomic mass is 31.2. The first-order chi connectivity index (χ1) is 7.61. The van der Waals surface area contributed by atoms with Gasteiger partial charge in [0.1, 0.15) is 6.29 Å². The Hall–Kier alpha value is -1.41. The van der Waals surface area contributed by atoms with Crippen molar-refractivity contribution in [2.75, 3.05) is 19.5 Å². The number of rotatable bonds is 9. The maximum Gasteiger partial charge on any atom is 0.351 e. The molecule has 88 valence electrons. The summed E-state index contributed by atoms with van der Waals surface area (Å²) in [6.07, 6.45) is 4.15. The minimum Gasteiger partial charge on any atom is -0.303 e. The Morgan fingerprint density at radius 1 is 1.31 bits per heavy atom. The summed E-state index contributed by atoms with van der Waals surface area (Å²) in [7, 11) is -3.51. The van der Waals surface area contributed by atoms with E-state index in [1.807, 2.05) is 0 Å². The number of nitriles is 1. The zero-order chi connectivity index (χ0) is 12.4. The molecule has 0 aliphatic rings. The van der Waals surface area contributed by atoms with E-state index in [1.54, 1.807) is 6.19 Å². The summed E-state index contributed by atoms with van der Waals surface area (Å²) in [5, 5.41) is 8.51. The molecule has 0 aromatic rings. The summed E-state index contributed by atoms with van der Waals surface area (Å²) in [6.45, 7) is 6.80. The molecule has 0 atom stereocenters. The molecular formula is C9H13N2O4P. The summed E-state index contributed by atoms with van der Waals surface area (Å²) in [5.41, 5.74) is 0. The summed E-state index contributed by atoms with van der Waals surface area (Å²) in [6, 6.07) is 0. The zero-order valence-electron chi connectivity index (χ0n) is 8.74. The first-order valence-electron chi connectivity index (χ1n) is 4.33. The third-order valence-corrected chi connectivity index (χ3v) is 3.10. The van der Waals surface area contributed by atoms with Crippen LogP contribution in [0.5, 0.6) is 0 Å². The van der Waals surface area contributed by atoms with Crippen molar-refractivity contribution in [1.82, 2.24) is 4.90 Å². The molecule has 0 aromatic heterocycles. The molecule has 1 amide bonds. The van der Waals surface area contributed by atoms with Gasteiger partial charge in [0, 0.05) is 0 Å². The van der Waals surface area contributed by atoms with E-state index in [0.717, 1.165) is 0 Å². The summed E-state index contributed by atoms with van der Waals surface area (Å²) in [4.78, 5) is 11.0. The van der Waals surface area contributed by atoms with Crippen molar-refractivity contribution in [2.24, 2.45) is 0 Å². The molecule has 16 heavy (non-hydrogen) atoms. The van der Waals surface area contributed by atoms with Crippen molar-refractivity contribution >= 4 is 14.0 Å². The summed E-state index contributed by atoms with van der Waals surface area (Å²) in [5.74, 6) is 0. The molecule has 0 aromatic carbocycles. The van der Waals surface area contributed by atoms with Crippen LogP contribution in [0.25, 0.3) is 0 Å². The zero-order valence-corrected chi connectivity index (χ0v) is 9.64. The molecule has 0 heterocycles. The van der Waals surface area contributed by atoms with E-state index in [-0.39, 0.29) is 19.6 Å². The van der Waals surface area contributed by atoms with Gasteiger partial charge in [-0.3, -0.25) is 9.36 Å². The van der Waals surface area contributed by atoms with E-state index < -0.39 is 13.9 Å². The minimum absolute atomic E-state index is 0.00649. The second-order valence-electron chi connectivity index (χ2n) is 2.60. The molecule has 0 bridgehead atoms. The lowest BCUT2D eigenvalue weighted by molar-refractivity contribution is -0.115. The van der Waals surface area contributed by atoms with Gasteiger partial charge >= 0.3 is 7.60 Å². The van der Waals surface area contributed by atoms with Crippen LogP contribution in [0.1, 0.15) is 0 Å². The number of carbonyl (C=O) groups is 1. The normalized spacial score (nSPS) is 10.2. The van der Waals surface area contributed by atoms with Gasteiger partial charge in [-0.15, -0.1) is 13.2 Å². The molecule has 0 aliphatic heterocycles. The van der Waals surface area contributed by atoms with Crippen molar-refractivity contribution in [3.8, 4) is 6.19 Å². The maximum absolute atomic E-state index is 12.0. The van der Waals surface area contributed by atoms with Crippen molar-refractivity contribution in [3.63, 3.8) is 0 Å². The van der Waals surface area contributed by atoms with Gasteiger partial charge in [0.15, 0.2) is 6.19 Å². The van der Waals surface area contributed by atoms with E-state index in [4.69, 9.17) is 14.3 Å². The van der Waals surface area contributed by atoms with Crippen molar-refractivity contribution in [1.29, 1.82) is 5.26 Å². The molecule has 0 saturated carbocycles. The molecule has 6 nitrogen and oxygen atoms in total. The molecule has 0 saturated heterocycles. The number of nitrogens with zero attached hydrogens (tertiary/aromatic N) is 2. The molecule has 0 N–H and O–H groups in total. The highest BCUT2D eigenvalue weighted by Crippen LogP contribution is 2.48. The Morgan fingerprint density at radius 2 is 1.81 bits per heavy atom. The number of amides is 1. The van der Waals surface area contributed by atoms with E-state index in [9.17, 15) is 9.36 Å². The quantitative estimate of drug-likeness (QED) is 0.202. The molecule has 0 aliphatic carbocycles. The lowest BCUT2D eigenvalue weighted by Gasteiger charge is -2.18. The van der Waals surface area contributed by atoms with Crippen LogP contribution in [0.3, 0.4) is 0 Å². The summed E-state index contributed by atoms with van der Waals surface area (Å²) >= 11 is 0. The number of hydrogen-bond donors (Lipinski definition) is 0. The Kier molecular flexibility index (Phi) is 7.14. The molecule has 0 spiro atoms. The average Bonchev–Trinajstić information content (AvgIpc) is 2.31. The third kappa shape index (κ3) is 5.47. The van der Waals surface area contributed by atoms with E-state index >= 15 is 0 Å². The average molecular weight is 244 g/mol. The molecule has 0 unspecified atom stereocenters. The van der Waals surface area contributed by atoms with Crippen LogP contribution in [0, 0.1) is 11.5 Å². The van der Waals surface area contributed by atoms with Gasteiger partial charge in [0.25, 0.3) is 0 Å². The second kappa shape index (κ2) is 7.83. The van der Waals surface area contributed by atoms with Gasteiger partial charge in [-0.1, -0.05) is 12.2 Å². The smallest absolute Gasteiger partial charge is 0.303 e. The van der Waals surface area contributed by atoms with Crippen LogP contribution in [0.15, 0.2) is 25.3 Å².